The Morgan fingerprint density at radius 2 is 2.00 bits per heavy atom. The summed E-state index contributed by atoms with van der Waals surface area (Å²) in [6.45, 7) is 1.27. The van der Waals surface area contributed by atoms with E-state index in [9.17, 15) is 9.59 Å². The zero-order chi connectivity index (χ0) is 18.1. The second-order valence-corrected chi connectivity index (χ2v) is 7.23. The largest absolute Gasteiger partial charge is 0.348 e. The van der Waals surface area contributed by atoms with Crippen LogP contribution in [0.15, 0.2) is 30.3 Å². The second-order valence-electron chi connectivity index (χ2n) is 7.23. The summed E-state index contributed by atoms with van der Waals surface area (Å²) in [5.74, 6) is 0.115. The van der Waals surface area contributed by atoms with Crippen LogP contribution in [0.5, 0.6) is 0 Å². The number of aromatic nitrogens is 2. The Hall–Kier alpha value is -2.63. The number of fused-ring (bicyclic) bond motifs is 1. The van der Waals surface area contributed by atoms with Gasteiger partial charge in [0, 0.05) is 26.2 Å². The van der Waals surface area contributed by atoms with Crippen molar-refractivity contribution >= 4 is 11.8 Å². The van der Waals surface area contributed by atoms with Crippen LogP contribution in [0, 0.1) is 0 Å². The van der Waals surface area contributed by atoms with E-state index in [2.05, 4.69) is 10.3 Å². The molecule has 6 nitrogen and oxygen atoms in total. The Balaban J connectivity index is 1.59. The highest BCUT2D eigenvalue weighted by atomic mass is 16.2. The summed E-state index contributed by atoms with van der Waals surface area (Å²) in [5.41, 5.74) is 2.42. The molecule has 0 unspecified atom stereocenters. The van der Waals surface area contributed by atoms with Crippen molar-refractivity contribution in [2.45, 2.75) is 51.2 Å². The Morgan fingerprint density at radius 3 is 2.73 bits per heavy atom. The van der Waals surface area contributed by atoms with Crippen LogP contribution in [0.1, 0.15) is 58.0 Å². The van der Waals surface area contributed by atoms with Gasteiger partial charge in [-0.2, -0.15) is 0 Å². The Labute approximate surface area is 153 Å². The molecule has 26 heavy (non-hydrogen) atoms. The molecule has 1 saturated carbocycles. The van der Waals surface area contributed by atoms with Crippen LogP contribution in [0.25, 0.3) is 0 Å². The minimum absolute atomic E-state index is 0.136. The molecule has 2 amide bonds. The zero-order valence-electron chi connectivity index (χ0n) is 15.1. The molecule has 0 saturated heterocycles. The number of carbonyl (C=O) groups is 2. The quantitative estimate of drug-likeness (QED) is 0.898. The van der Waals surface area contributed by atoms with Crippen molar-refractivity contribution in [2.75, 3.05) is 7.05 Å². The molecule has 1 fully saturated rings. The van der Waals surface area contributed by atoms with Crippen LogP contribution in [-0.2, 0) is 19.5 Å². The van der Waals surface area contributed by atoms with Gasteiger partial charge in [-0.3, -0.25) is 9.59 Å². The molecule has 1 aliphatic heterocycles. The van der Waals surface area contributed by atoms with Crippen LogP contribution in [0.3, 0.4) is 0 Å². The smallest absolute Gasteiger partial charge is 0.289 e. The highest BCUT2D eigenvalue weighted by molar-refractivity contribution is 5.97. The first-order valence-electron chi connectivity index (χ1n) is 9.33. The summed E-state index contributed by atoms with van der Waals surface area (Å²) in [6, 6.07) is 10.2. The van der Waals surface area contributed by atoms with Gasteiger partial charge in [0.1, 0.15) is 5.69 Å². The lowest BCUT2D eigenvalue weighted by molar-refractivity contribution is 0.0766. The highest BCUT2D eigenvalue weighted by Crippen LogP contribution is 2.24. The lowest BCUT2D eigenvalue weighted by Crippen LogP contribution is -2.30. The average molecular weight is 352 g/mol. The van der Waals surface area contributed by atoms with Crippen molar-refractivity contribution in [3.8, 4) is 0 Å². The number of nitrogens with zero attached hydrogens (tertiary/aromatic N) is 3. The lowest BCUT2D eigenvalue weighted by Gasteiger charge is -2.20. The summed E-state index contributed by atoms with van der Waals surface area (Å²) in [4.78, 5) is 31.7. The molecular formula is C20H24N4O2. The molecule has 136 valence electrons. The maximum absolute atomic E-state index is 13.0. The molecule has 0 atom stereocenters. The molecule has 2 aliphatic rings. The second kappa shape index (κ2) is 6.94. The van der Waals surface area contributed by atoms with E-state index in [1.165, 1.54) is 0 Å². The van der Waals surface area contributed by atoms with Gasteiger partial charge in [-0.15, -0.1) is 0 Å². The number of imidazole rings is 1. The molecule has 0 radical (unpaired) electrons. The van der Waals surface area contributed by atoms with Crippen molar-refractivity contribution in [1.82, 2.24) is 19.8 Å². The van der Waals surface area contributed by atoms with Gasteiger partial charge < -0.3 is 14.8 Å². The fourth-order valence-electron chi connectivity index (χ4n) is 3.47. The summed E-state index contributed by atoms with van der Waals surface area (Å²) >= 11 is 0. The lowest BCUT2D eigenvalue weighted by atomic mass is 10.1. The van der Waals surface area contributed by atoms with E-state index < -0.39 is 0 Å². The predicted molar refractivity (Wildman–Crippen MR) is 97.9 cm³/mol. The zero-order valence-corrected chi connectivity index (χ0v) is 15.1. The van der Waals surface area contributed by atoms with Gasteiger partial charge in [0.05, 0.1) is 5.69 Å². The maximum atomic E-state index is 13.0. The minimum atomic E-state index is -0.137. The molecule has 1 aromatic heterocycles. The van der Waals surface area contributed by atoms with Crippen LogP contribution in [-0.4, -0.2) is 39.4 Å². The van der Waals surface area contributed by atoms with Gasteiger partial charge in [0.2, 0.25) is 0 Å². The van der Waals surface area contributed by atoms with Crippen molar-refractivity contribution in [3.05, 3.63) is 53.1 Å². The Bertz CT molecular complexity index is 824. The van der Waals surface area contributed by atoms with E-state index in [1.807, 2.05) is 34.9 Å². The van der Waals surface area contributed by atoms with Crippen molar-refractivity contribution in [2.24, 2.45) is 0 Å². The van der Waals surface area contributed by atoms with Gasteiger partial charge in [-0.25, -0.2) is 4.98 Å². The average Bonchev–Trinajstić information content (AvgIpc) is 3.39. The van der Waals surface area contributed by atoms with Crippen molar-refractivity contribution in [3.63, 3.8) is 0 Å². The molecule has 0 bridgehead atoms. The summed E-state index contributed by atoms with van der Waals surface area (Å²) < 4.78 is 1.95. The van der Waals surface area contributed by atoms with E-state index in [0.717, 1.165) is 49.9 Å². The molecule has 1 aliphatic carbocycles. The first-order chi connectivity index (χ1) is 12.6. The van der Waals surface area contributed by atoms with Gasteiger partial charge in [0.15, 0.2) is 5.82 Å². The summed E-state index contributed by atoms with van der Waals surface area (Å²) in [7, 11) is 1.78. The first kappa shape index (κ1) is 16.8. The number of amides is 2. The van der Waals surface area contributed by atoms with Gasteiger partial charge in [-0.05, 0) is 37.7 Å². The molecule has 2 heterocycles. The van der Waals surface area contributed by atoms with E-state index in [0.29, 0.717) is 18.1 Å². The maximum Gasteiger partial charge on any atom is 0.289 e. The van der Waals surface area contributed by atoms with Crippen LogP contribution >= 0.6 is 0 Å². The number of hydrogen-bond acceptors (Lipinski definition) is 3. The topological polar surface area (TPSA) is 67.2 Å². The van der Waals surface area contributed by atoms with Gasteiger partial charge >= 0.3 is 0 Å². The Kier molecular flexibility index (Phi) is 4.49. The molecule has 1 N–H and O–H groups in total. The van der Waals surface area contributed by atoms with Gasteiger partial charge in [0.25, 0.3) is 11.8 Å². The molecular weight excluding hydrogens is 328 g/mol. The fourth-order valence-corrected chi connectivity index (χ4v) is 3.47. The number of nitrogens with one attached hydrogen (secondary N) is 1. The SMILES string of the molecule is CN(Cc1ccccc1)C(=O)c1nc(C(=O)NC2CC2)c2n1CCCC2. The third kappa shape index (κ3) is 3.36. The van der Waals surface area contributed by atoms with Crippen LogP contribution in [0.4, 0.5) is 0 Å². The van der Waals surface area contributed by atoms with E-state index >= 15 is 0 Å². The standard InChI is InChI=1S/C20H24N4O2/c1-23(13-14-7-3-2-4-8-14)20(26)18-22-17(19(25)21-15-10-11-15)16-9-5-6-12-24(16)18/h2-4,7-8,15H,5-6,9-13H2,1H3,(H,21,25). The number of rotatable bonds is 5. The van der Waals surface area contributed by atoms with Crippen LogP contribution < -0.4 is 5.32 Å². The number of carbonyl (C=O) groups excluding carboxylic acids is 2. The molecule has 0 spiro atoms. The highest BCUT2D eigenvalue weighted by Gasteiger charge is 2.31. The fraction of sp³-hybridized carbons (Fsp3) is 0.450. The molecule has 4 rings (SSSR count). The number of benzene rings is 1. The predicted octanol–water partition coefficient (Wildman–Crippen LogP) is 2.38. The molecule has 1 aromatic carbocycles. The van der Waals surface area contributed by atoms with Crippen molar-refractivity contribution < 1.29 is 9.59 Å². The van der Waals surface area contributed by atoms with E-state index in [-0.39, 0.29) is 17.9 Å². The Morgan fingerprint density at radius 1 is 1.23 bits per heavy atom. The normalized spacial score (nSPS) is 16.0. The van der Waals surface area contributed by atoms with Crippen LogP contribution in [0.2, 0.25) is 0 Å². The molecule has 6 heteroatoms. The van der Waals surface area contributed by atoms with Crippen molar-refractivity contribution in [1.29, 1.82) is 0 Å². The number of hydrogen-bond donors (Lipinski definition) is 1. The third-order valence-electron chi connectivity index (χ3n) is 5.05. The third-order valence-corrected chi connectivity index (χ3v) is 5.05. The monoisotopic (exact) mass is 352 g/mol. The van der Waals surface area contributed by atoms with Gasteiger partial charge in [-0.1, -0.05) is 30.3 Å². The summed E-state index contributed by atoms with van der Waals surface area (Å²) in [5, 5.41) is 3.00. The summed E-state index contributed by atoms with van der Waals surface area (Å²) in [6.07, 6.45) is 4.91. The molecule has 2 aromatic rings. The first-order valence-corrected chi connectivity index (χ1v) is 9.33. The van der Waals surface area contributed by atoms with E-state index in [4.69, 9.17) is 0 Å². The van der Waals surface area contributed by atoms with E-state index in [1.54, 1.807) is 11.9 Å². The minimum Gasteiger partial charge on any atom is -0.348 e.